The Morgan fingerprint density at radius 3 is 2.88 bits per heavy atom. The van der Waals surface area contributed by atoms with Crippen molar-refractivity contribution >= 4 is 37.6 Å². The van der Waals surface area contributed by atoms with E-state index in [9.17, 15) is 0 Å². The highest BCUT2D eigenvalue weighted by Gasteiger charge is 2.12. The van der Waals surface area contributed by atoms with Gasteiger partial charge in [0, 0.05) is 20.2 Å². The summed E-state index contributed by atoms with van der Waals surface area (Å²) in [4.78, 5) is 0. The van der Waals surface area contributed by atoms with Crippen LogP contribution in [0.25, 0.3) is 26.2 Å². The molecule has 76 valence electrons. The van der Waals surface area contributed by atoms with Gasteiger partial charge in [0.2, 0.25) is 0 Å². The van der Waals surface area contributed by atoms with Gasteiger partial charge >= 0.3 is 0 Å². The van der Waals surface area contributed by atoms with Gasteiger partial charge in [0.15, 0.2) is 0 Å². The first kappa shape index (κ1) is 8.54. The summed E-state index contributed by atoms with van der Waals surface area (Å²) in [5.74, 6) is 0. The predicted molar refractivity (Wildman–Crippen MR) is 72.1 cm³/mol. The van der Waals surface area contributed by atoms with Gasteiger partial charge in [-0.3, -0.25) is 0 Å². The molecule has 0 spiro atoms. The van der Waals surface area contributed by atoms with Crippen molar-refractivity contribution in [2.24, 2.45) is 0 Å². The van der Waals surface area contributed by atoms with E-state index >= 15 is 0 Å². The largest absolute Gasteiger partial charge is 0.135 e. The fourth-order valence-corrected chi connectivity index (χ4v) is 3.80. The highest BCUT2D eigenvalue weighted by Crippen LogP contribution is 2.38. The van der Waals surface area contributed by atoms with Crippen molar-refractivity contribution < 1.29 is 0 Å². The van der Waals surface area contributed by atoms with Gasteiger partial charge in [-0.15, -0.1) is 11.3 Å². The molecule has 0 bridgehead atoms. The standard InChI is InChI=1S/C15H10S/c1-2-7-14-12(5-1)13-9-8-10-4-3-6-11(10)15(13)16-14/h1-5,7-9H,6H2. The highest BCUT2D eigenvalue weighted by atomic mass is 32.1. The first-order chi connectivity index (χ1) is 7.93. The molecule has 1 heteroatoms. The van der Waals surface area contributed by atoms with Gasteiger partial charge in [-0.05, 0) is 23.6 Å². The third kappa shape index (κ3) is 0.987. The minimum atomic E-state index is 1.10. The molecule has 0 atom stereocenters. The second-order valence-electron chi connectivity index (χ2n) is 4.21. The van der Waals surface area contributed by atoms with Gasteiger partial charge in [-0.2, -0.15) is 0 Å². The lowest BCUT2D eigenvalue weighted by Gasteiger charge is -1.99. The van der Waals surface area contributed by atoms with E-state index in [0.29, 0.717) is 0 Å². The van der Waals surface area contributed by atoms with Crippen LogP contribution in [0.3, 0.4) is 0 Å². The topological polar surface area (TPSA) is 0 Å². The molecule has 0 saturated heterocycles. The average molecular weight is 222 g/mol. The molecule has 0 radical (unpaired) electrons. The maximum absolute atomic E-state index is 2.27. The van der Waals surface area contributed by atoms with Gasteiger partial charge in [0.05, 0.1) is 0 Å². The maximum Gasteiger partial charge on any atom is 0.0396 e. The van der Waals surface area contributed by atoms with Crippen LogP contribution in [-0.2, 0) is 6.42 Å². The summed E-state index contributed by atoms with van der Waals surface area (Å²) in [5, 5.41) is 2.82. The molecular weight excluding hydrogens is 212 g/mol. The molecular formula is C15H10S. The molecule has 0 nitrogen and oxygen atoms in total. The van der Waals surface area contributed by atoms with Crippen LogP contribution in [-0.4, -0.2) is 0 Å². The second kappa shape index (κ2) is 2.96. The van der Waals surface area contributed by atoms with Crippen LogP contribution in [0.1, 0.15) is 11.1 Å². The van der Waals surface area contributed by atoms with Crippen molar-refractivity contribution in [2.45, 2.75) is 6.42 Å². The Morgan fingerprint density at radius 1 is 0.938 bits per heavy atom. The summed E-state index contributed by atoms with van der Waals surface area (Å²) in [6.45, 7) is 0. The average Bonchev–Trinajstić information content (AvgIpc) is 2.92. The van der Waals surface area contributed by atoms with Crippen molar-refractivity contribution in [2.75, 3.05) is 0 Å². The number of hydrogen-bond acceptors (Lipinski definition) is 1. The summed E-state index contributed by atoms with van der Waals surface area (Å²) in [6, 6.07) is 13.2. The Bertz CT molecular complexity index is 732. The fraction of sp³-hybridized carbons (Fsp3) is 0.0667. The first-order valence-electron chi connectivity index (χ1n) is 5.53. The lowest BCUT2D eigenvalue weighted by Crippen LogP contribution is -1.80. The van der Waals surface area contributed by atoms with Crippen LogP contribution >= 0.6 is 11.3 Å². The smallest absolute Gasteiger partial charge is 0.0396 e. The van der Waals surface area contributed by atoms with Crippen LogP contribution in [0.4, 0.5) is 0 Å². The van der Waals surface area contributed by atoms with Crippen LogP contribution in [0.2, 0.25) is 0 Å². The Kier molecular flexibility index (Phi) is 1.58. The molecule has 1 aliphatic carbocycles. The third-order valence-electron chi connectivity index (χ3n) is 3.31. The molecule has 0 unspecified atom stereocenters. The number of allylic oxidation sites excluding steroid dienone is 1. The SMILES string of the molecule is C1=Cc2ccc3c(sc4ccccc43)c2C1. The maximum atomic E-state index is 2.27. The van der Waals surface area contributed by atoms with Crippen molar-refractivity contribution in [1.29, 1.82) is 0 Å². The fourth-order valence-electron chi connectivity index (χ4n) is 2.53. The van der Waals surface area contributed by atoms with Gasteiger partial charge < -0.3 is 0 Å². The van der Waals surface area contributed by atoms with E-state index in [4.69, 9.17) is 0 Å². The van der Waals surface area contributed by atoms with Crippen molar-refractivity contribution in [1.82, 2.24) is 0 Å². The van der Waals surface area contributed by atoms with Gasteiger partial charge in [0.25, 0.3) is 0 Å². The normalized spacial score (nSPS) is 13.8. The number of hydrogen-bond donors (Lipinski definition) is 0. The number of benzene rings is 2. The second-order valence-corrected chi connectivity index (χ2v) is 5.27. The number of thiophene rings is 1. The van der Waals surface area contributed by atoms with E-state index < -0.39 is 0 Å². The van der Waals surface area contributed by atoms with Gasteiger partial charge in [0.1, 0.15) is 0 Å². The molecule has 0 aliphatic heterocycles. The van der Waals surface area contributed by atoms with Gasteiger partial charge in [-0.1, -0.05) is 42.5 Å². The Hall–Kier alpha value is -1.60. The van der Waals surface area contributed by atoms with E-state index in [1.54, 1.807) is 0 Å². The molecule has 1 aromatic heterocycles. The van der Waals surface area contributed by atoms with Crippen LogP contribution in [0.15, 0.2) is 42.5 Å². The quantitative estimate of drug-likeness (QED) is 0.520. The van der Waals surface area contributed by atoms with Crippen LogP contribution in [0, 0.1) is 0 Å². The first-order valence-corrected chi connectivity index (χ1v) is 6.35. The third-order valence-corrected chi connectivity index (χ3v) is 4.55. The van der Waals surface area contributed by atoms with Crippen molar-refractivity contribution in [3.8, 4) is 0 Å². The lowest BCUT2D eigenvalue weighted by molar-refractivity contribution is 1.36. The zero-order chi connectivity index (χ0) is 10.5. The summed E-state index contributed by atoms with van der Waals surface area (Å²) in [6.07, 6.45) is 5.59. The Balaban J connectivity index is 2.25. The molecule has 0 N–H and O–H groups in total. The molecule has 0 amide bonds. The Morgan fingerprint density at radius 2 is 1.88 bits per heavy atom. The number of rotatable bonds is 0. The molecule has 16 heavy (non-hydrogen) atoms. The molecule has 0 saturated carbocycles. The van der Waals surface area contributed by atoms with Gasteiger partial charge in [-0.25, -0.2) is 0 Å². The molecule has 0 fully saturated rings. The van der Waals surface area contributed by atoms with E-state index in [1.807, 2.05) is 11.3 Å². The summed E-state index contributed by atoms with van der Waals surface area (Å²) >= 11 is 1.93. The molecule has 2 aromatic carbocycles. The van der Waals surface area contributed by atoms with Crippen molar-refractivity contribution in [3.63, 3.8) is 0 Å². The zero-order valence-corrected chi connectivity index (χ0v) is 9.55. The van der Waals surface area contributed by atoms with E-state index in [2.05, 4.69) is 48.6 Å². The van der Waals surface area contributed by atoms with E-state index in [1.165, 1.54) is 31.3 Å². The summed E-state index contributed by atoms with van der Waals surface area (Å²) in [7, 11) is 0. The minimum absolute atomic E-state index is 1.10. The van der Waals surface area contributed by atoms with Crippen molar-refractivity contribution in [3.05, 3.63) is 53.6 Å². The summed E-state index contributed by atoms with van der Waals surface area (Å²) < 4.78 is 2.88. The molecule has 4 rings (SSSR count). The Labute approximate surface area is 97.8 Å². The van der Waals surface area contributed by atoms with E-state index in [-0.39, 0.29) is 0 Å². The van der Waals surface area contributed by atoms with Crippen LogP contribution < -0.4 is 0 Å². The highest BCUT2D eigenvalue weighted by molar-refractivity contribution is 7.26. The lowest BCUT2D eigenvalue weighted by atomic mass is 10.1. The number of fused-ring (bicyclic) bond motifs is 5. The molecule has 3 aromatic rings. The monoisotopic (exact) mass is 222 g/mol. The molecule has 1 aliphatic rings. The van der Waals surface area contributed by atoms with E-state index in [0.717, 1.165) is 6.42 Å². The molecule has 1 heterocycles. The van der Waals surface area contributed by atoms with Crippen LogP contribution in [0.5, 0.6) is 0 Å². The summed E-state index contributed by atoms with van der Waals surface area (Å²) in [5.41, 5.74) is 2.91. The minimum Gasteiger partial charge on any atom is -0.135 e. The zero-order valence-electron chi connectivity index (χ0n) is 8.73. The predicted octanol–water partition coefficient (Wildman–Crippen LogP) is 4.62.